The minimum absolute atomic E-state index is 0.117. The molecule has 0 aliphatic carbocycles. The predicted molar refractivity (Wildman–Crippen MR) is 43.4 cm³/mol. The van der Waals surface area contributed by atoms with Gasteiger partial charge in [-0.25, -0.2) is 8.78 Å². The van der Waals surface area contributed by atoms with Crippen LogP contribution >= 0.6 is 22.6 Å². The number of benzene rings is 1. The molecule has 0 unspecified atom stereocenters. The summed E-state index contributed by atoms with van der Waals surface area (Å²) in [7, 11) is 0. The van der Waals surface area contributed by atoms with Crippen molar-refractivity contribution in [1.29, 1.82) is 0 Å². The zero-order chi connectivity index (χ0) is 9.30. The molecular weight excluding hydrogens is 281 g/mol. The van der Waals surface area contributed by atoms with Gasteiger partial charge < -0.3 is 9.90 Å². The number of hydrogen-bond donors (Lipinski definition) is 0. The van der Waals surface area contributed by atoms with Crippen LogP contribution in [0.5, 0.6) is 0 Å². The first-order valence-electron chi connectivity index (χ1n) is 2.88. The van der Waals surface area contributed by atoms with E-state index in [2.05, 4.69) is 0 Å². The first-order chi connectivity index (χ1) is 5.52. The number of carbonyl (C=O) groups excluding carboxylic acids is 1. The van der Waals surface area contributed by atoms with E-state index in [0.717, 1.165) is 6.07 Å². The van der Waals surface area contributed by atoms with Crippen molar-refractivity contribution in [3.63, 3.8) is 0 Å². The fraction of sp³-hybridized carbons (Fsp3) is 0. The summed E-state index contributed by atoms with van der Waals surface area (Å²) in [4.78, 5) is 10.3. The quantitative estimate of drug-likeness (QED) is 0.568. The Morgan fingerprint density at radius 1 is 1.33 bits per heavy atom. The number of carboxylic acid groups (broad SMARTS) is 1. The molecule has 0 aliphatic heterocycles. The van der Waals surface area contributed by atoms with Crippen LogP contribution in [0.3, 0.4) is 0 Å². The van der Waals surface area contributed by atoms with Gasteiger partial charge in [-0.3, -0.25) is 0 Å². The van der Waals surface area contributed by atoms with Gasteiger partial charge in [-0.05, 0) is 34.7 Å². The highest BCUT2D eigenvalue weighted by Crippen LogP contribution is 2.16. The van der Waals surface area contributed by atoms with E-state index in [1.165, 1.54) is 0 Å². The van der Waals surface area contributed by atoms with Gasteiger partial charge >= 0.3 is 0 Å². The standard InChI is InChI=1S/C7H3F2IO2/c8-4-1-3(7(11)12)6(10)2-5(4)9/h1-2H,(H,11,12)/p-1. The van der Waals surface area contributed by atoms with Gasteiger partial charge in [0.2, 0.25) is 0 Å². The third kappa shape index (κ3) is 1.71. The Labute approximate surface area is 80.3 Å². The van der Waals surface area contributed by atoms with Gasteiger partial charge in [0.05, 0.1) is 5.97 Å². The molecule has 0 saturated carbocycles. The molecule has 2 nitrogen and oxygen atoms in total. The van der Waals surface area contributed by atoms with E-state index in [0.29, 0.717) is 6.07 Å². The lowest BCUT2D eigenvalue weighted by molar-refractivity contribution is -0.255. The molecule has 1 aromatic rings. The van der Waals surface area contributed by atoms with E-state index in [9.17, 15) is 18.7 Å². The fourth-order valence-corrected chi connectivity index (χ4v) is 1.33. The Bertz CT molecular complexity index is 338. The highest BCUT2D eigenvalue weighted by molar-refractivity contribution is 14.1. The third-order valence-corrected chi connectivity index (χ3v) is 2.12. The first kappa shape index (κ1) is 9.37. The molecule has 0 aliphatic rings. The molecule has 1 aromatic carbocycles. The second-order valence-electron chi connectivity index (χ2n) is 2.03. The fourth-order valence-electron chi connectivity index (χ4n) is 0.679. The molecular formula is C7H2F2IO2-. The van der Waals surface area contributed by atoms with Gasteiger partial charge in [0.1, 0.15) is 0 Å². The van der Waals surface area contributed by atoms with Crippen molar-refractivity contribution in [2.45, 2.75) is 0 Å². The molecule has 0 radical (unpaired) electrons. The minimum atomic E-state index is -1.52. The van der Waals surface area contributed by atoms with Crippen molar-refractivity contribution >= 4 is 28.6 Å². The minimum Gasteiger partial charge on any atom is -0.545 e. The monoisotopic (exact) mass is 283 g/mol. The van der Waals surface area contributed by atoms with Crippen LogP contribution in [0.1, 0.15) is 10.4 Å². The number of halogens is 3. The first-order valence-corrected chi connectivity index (χ1v) is 3.96. The maximum Gasteiger partial charge on any atom is 0.159 e. The van der Waals surface area contributed by atoms with Crippen molar-refractivity contribution in [2.24, 2.45) is 0 Å². The van der Waals surface area contributed by atoms with E-state index in [-0.39, 0.29) is 9.13 Å². The maximum atomic E-state index is 12.5. The Morgan fingerprint density at radius 2 is 1.83 bits per heavy atom. The van der Waals surface area contributed by atoms with Crippen molar-refractivity contribution < 1.29 is 18.7 Å². The number of rotatable bonds is 1. The smallest absolute Gasteiger partial charge is 0.159 e. The normalized spacial score (nSPS) is 9.92. The molecule has 1 rings (SSSR count). The number of aromatic carboxylic acids is 1. The summed E-state index contributed by atoms with van der Waals surface area (Å²) in [6, 6.07) is 1.41. The highest BCUT2D eigenvalue weighted by atomic mass is 127. The Balaban J connectivity index is 3.33. The molecule has 0 heterocycles. The SMILES string of the molecule is O=C([O-])c1cc(F)c(F)cc1I. The average molecular weight is 283 g/mol. The molecule has 0 saturated heterocycles. The molecule has 0 atom stereocenters. The molecule has 12 heavy (non-hydrogen) atoms. The van der Waals surface area contributed by atoms with Crippen LogP contribution in [0, 0.1) is 15.2 Å². The summed E-state index contributed by atoms with van der Waals surface area (Å²) in [5.74, 6) is -3.77. The van der Waals surface area contributed by atoms with Crippen LogP contribution in [0.15, 0.2) is 12.1 Å². The van der Waals surface area contributed by atoms with Crippen LogP contribution in [-0.2, 0) is 0 Å². The summed E-state index contributed by atoms with van der Waals surface area (Å²) in [6.07, 6.45) is 0. The van der Waals surface area contributed by atoms with E-state index < -0.39 is 17.6 Å². The van der Waals surface area contributed by atoms with Crippen LogP contribution < -0.4 is 5.11 Å². The molecule has 0 spiro atoms. The molecule has 0 bridgehead atoms. The topological polar surface area (TPSA) is 40.1 Å². The number of hydrogen-bond acceptors (Lipinski definition) is 2. The molecule has 5 heteroatoms. The van der Waals surface area contributed by atoms with E-state index in [4.69, 9.17) is 0 Å². The summed E-state index contributed by atoms with van der Waals surface area (Å²) in [5, 5.41) is 10.3. The number of carbonyl (C=O) groups is 1. The molecule has 0 amide bonds. The molecule has 0 fully saturated rings. The summed E-state index contributed by atoms with van der Waals surface area (Å²) < 4.78 is 25.0. The second kappa shape index (κ2) is 3.34. The Kier molecular flexibility index (Phi) is 2.61. The average Bonchev–Trinajstić information content (AvgIpc) is 1.96. The van der Waals surface area contributed by atoms with Gasteiger partial charge in [-0.2, -0.15) is 0 Å². The van der Waals surface area contributed by atoms with Crippen molar-refractivity contribution in [3.8, 4) is 0 Å². The second-order valence-corrected chi connectivity index (χ2v) is 3.20. The molecule has 0 N–H and O–H groups in total. The van der Waals surface area contributed by atoms with Crippen molar-refractivity contribution in [2.75, 3.05) is 0 Å². The van der Waals surface area contributed by atoms with Gasteiger partial charge in [0, 0.05) is 9.13 Å². The highest BCUT2D eigenvalue weighted by Gasteiger charge is 2.07. The molecule has 0 aromatic heterocycles. The van der Waals surface area contributed by atoms with Gasteiger partial charge in [-0.15, -0.1) is 0 Å². The van der Waals surface area contributed by atoms with Gasteiger partial charge in [0.15, 0.2) is 11.6 Å². The molecule has 64 valence electrons. The van der Waals surface area contributed by atoms with Crippen LogP contribution in [-0.4, -0.2) is 5.97 Å². The predicted octanol–water partition coefficient (Wildman–Crippen LogP) is 0.933. The van der Waals surface area contributed by atoms with E-state index in [1.807, 2.05) is 0 Å². The Hall–Kier alpha value is -0.720. The van der Waals surface area contributed by atoms with Crippen LogP contribution in [0.25, 0.3) is 0 Å². The van der Waals surface area contributed by atoms with Crippen molar-refractivity contribution in [3.05, 3.63) is 32.9 Å². The van der Waals surface area contributed by atoms with Crippen molar-refractivity contribution in [1.82, 2.24) is 0 Å². The van der Waals surface area contributed by atoms with Crippen LogP contribution in [0.4, 0.5) is 8.78 Å². The Morgan fingerprint density at radius 3 is 2.33 bits per heavy atom. The summed E-state index contributed by atoms with van der Waals surface area (Å²) in [5.41, 5.74) is -0.338. The van der Waals surface area contributed by atoms with Crippen LogP contribution in [0.2, 0.25) is 0 Å². The van der Waals surface area contributed by atoms with Gasteiger partial charge in [0.25, 0.3) is 0 Å². The lowest BCUT2D eigenvalue weighted by Crippen LogP contribution is -2.23. The number of carboxylic acids is 1. The zero-order valence-corrected chi connectivity index (χ0v) is 7.76. The summed E-state index contributed by atoms with van der Waals surface area (Å²) in [6.45, 7) is 0. The summed E-state index contributed by atoms with van der Waals surface area (Å²) >= 11 is 1.59. The lowest BCUT2D eigenvalue weighted by Gasteiger charge is -2.05. The van der Waals surface area contributed by atoms with E-state index in [1.54, 1.807) is 22.6 Å². The van der Waals surface area contributed by atoms with Gasteiger partial charge in [-0.1, -0.05) is 0 Å². The zero-order valence-electron chi connectivity index (χ0n) is 5.61. The van der Waals surface area contributed by atoms with E-state index >= 15 is 0 Å². The maximum absolute atomic E-state index is 12.5. The third-order valence-electron chi connectivity index (χ3n) is 1.23. The lowest BCUT2D eigenvalue weighted by atomic mass is 10.2. The largest absolute Gasteiger partial charge is 0.545 e.